The average molecular weight is 468 g/mol. The number of H-pyrrole nitrogens is 1. The van der Waals surface area contributed by atoms with Gasteiger partial charge in [0.2, 0.25) is 5.91 Å². The molecule has 176 valence electrons. The van der Waals surface area contributed by atoms with Gasteiger partial charge in [0.25, 0.3) is 0 Å². The first-order valence-electron chi connectivity index (χ1n) is 11.9. The van der Waals surface area contributed by atoms with Crippen LogP contribution in [0.5, 0.6) is 0 Å². The van der Waals surface area contributed by atoms with Crippen molar-refractivity contribution in [1.82, 2.24) is 9.88 Å². The molecule has 0 aliphatic carbocycles. The zero-order valence-electron chi connectivity index (χ0n) is 19.6. The molecule has 2 heterocycles. The highest BCUT2D eigenvalue weighted by Gasteiger charge is 2.43. The fourth-order valence-corrected chi connectivity index (χ4v) is 5.29. The summed E-state index contributed by atoms with van der Waals surface area (Å²) >= 11 is 6.22. The first-order valence-corrected chi connectivity index (χ1v) is 12.3. The third kappa shape index (κ3) is 5.26. The third-order valence-electron chi connectivity index (χ3n) is 6.83. The van der Waals surface area contributed by atoms with Crippen LogP contribution in [0.2, 0.25) is 5.02 Å². The summed E-state index contributed by atoms with van der Waals surface area (Å²) in [5.74, 6) is 0.185. The number of hydrogen-bond acceptors (Lipinski definition) is 3. The number of aromatic amines is 1. The molecule has 0 bridgehead atoms. The number of carbonyl (C=O) groups excluding carboxylic acids is 1. The van der Waals surface area contributed by atoms with Crippen molar-refractivity contribution < 1.29 is 9.53 Å². The number of fused-ring (bicyclic) bond motifs is 1. The standard InChI is InChI=1S/C27H34ClN3O2/c1-3-7-26(32)31(23-8-5-4-6-9-23)27(20-33-2)13-16-30(17-14-27)15-12-21-19-29-25-11-10-22(28)18-24(21)25/h4-6,8-11,18-19,29H,3,7,12-17,20H2,1-2H3. The zero-order valence-corrected chi connectivity index (χ0v) is 20.4. The maximum Gasteiger partial charge on any atom is 0.227 e. The molecule has 6 heteroatoms. The second-order valence-electron chi connectivity index (χ2n) is 9.07. The molecule has 1 N–H and O–H groups in total. The van der Waals surface area contributed by atoms with Crippen LogP contribution >= 0.6 is 11.6 Å². The van der Waals surface area contributed by atoms with Crippen molar-refractivity contribution in [2.24, 2.45) is 0 Å². The molecule has 1 aliphatic heterocycles. The van der Waals surface area contributed by atoms with Crippen LogP contribution in [-0.2, 0) is 16.0 Å². The van der Waals surface area contributed by atoms with E-state index in [4.69, 9.17) is 16.3 Å². The highest BCUT2D eigenvalue weighted by atomic mass is 35.5. The number of likely N-dealkylation sites (tertiary alicyclic amines) is 1. The number of ether oxygens (including phenoxy) is 1. The summed E-state index contributed by atoms with van der Waals surface area (Å²) in [6.07, 6.45) is 6.24. The summed E-state index contributed by atoms with van der Waals surface area (Å²) < 4.78 is 5.70. The lowest BCUT2D eigenvalue weighted by molar-refractivity contribution is -0.121. The largest absolute Gasteiger partial charge is 0.382 e. The average Bonchev–Trinajstić information content (AvgIpc) is 3.22. The summed E-state index contributed by atoms with van der Waals surface area (Å²) in [4.78, 5) is 21.2. The van der Waals surface area contributed by atoms with Gasteiger partial charge >= 0.3 is 0 Å². The molecule has 1 fully saturated rings. The van der Waals surface area contributed by atoms with E-state index in [-0.39, 0.29) is 11.4 Å². The van der Waals surface area contributed by atoms with Gasteiger partial charge in [0.05, 0.1) is 12.1 Å². The Morgan fingerprint density at radius 1 is 1.18 bits per heavy atom. The van der Waals surface area contributed by atoms with Gasteiger partial charge in [0.1, 0.15) is 0 Å². The summed E-state index contributed by atoms with van der Waals surface area (Å²) in [6.45, 7) is 5.47. The van der Waals surface area contributed by atoms with E-state index >= 15 is 0 Å². The SMILES string of the molecule is CCCC(=O)N(c1ccccc1)C1(COC)CCN(CCc2c[nH]c3ccc(Cl)cc23)CC1. The summed E-state index contributed by atoms with van der Waals surface area (Å²) in [5.41, 5.74) is 3.08. The van der Waals surface area contributed by atoms with Crippen LogP contribution in [0.1, 0.15) is 38.2 Å². The monoisotopic (exact) mass is 467 g/mol. The Hall–Kier alpha value is -2.34. The van der Waals surface area contributed by atoms with Crippen molar-refractivity contribution in [2.75, 3.05) is 38.3 Å². The lowest BCUT2D eigenvalue weighted by Gasteiger charge is -2.48. The van der Waals surface area contributed by atoms with E-state index in [2.05, 4.69) is 23.0 Å². The molecule has 4 rings (SSSR count). The smallest absolute Gasteiger partial charge is 0.227 e. The van der Waals surface area contributed by atoms with E-state index in [0.717, 1.165) is 61.5 Å². The fourth-order valence-electron chi connectivity index (χ4n) is 5.12. The molecule has 1 amide bonds. The van der Waals surface area contributed by atoms with Crippen molar-refractivity contribution in [1.29, 1.82) is 0 Å². The van der Waals surface area contributed by atoms with E-state index in [1.165, 1.54) is 10.9 Å². The molecule has 5 nitrogen and oxygen atoms in total. The quantitative estimate of drug-likeness (QED) is 0.440. The van der Waals surface area contributed by atoms with Crippen LogP contribution in [0.4, 0.5) is 5.69 Å². The summed E-state index contributed by atoms with van der Waals surface area (Å²) in [6, 6.07) is 16.1. The minimum absolute atomic E-state index is 0.185. The predicted molar refractivity (Wildman–Crippen MR) is 136 cm³/mol. The molecule has 1 saturated heterocycles. The number of methoxy groups -OCH3 is 1. The lowest BCUT2D eigenvalue weighted by atomic mass is 9.85. The first-order chi connectivity index (χ1) is 16.1. The number of halogens is 1. The van der Waals surface area contributed by atoms with Gasteiger partial charge in [0, 0.05) is 61.0 Å². The number of para-hydroxylation sites is 1. The van der Waals surface area contributed by atoms with Crippen molar-refractivity contribution in [2.45, 2.75) is 44.6 Å². The van der Waals surface area contributed by atoms with Gasteiger partial charge in [-0.15, -0.1) is 0 Å². The zero-order chi connectivity index (χ0) is 23.3. The first kappa shape index (κ1) is 23.8. The van der Waals surface area contributed by atoms with Crippen molar-refractivity contribution in [3.8, 4) is 0 Å². The molecule has 2 aromatic carbocycles. The molecule has 33 heavy (non-hydrogen) atoms. The molecular formula is C27H34ClN3O2. The van der Waals surface area contributed by atoms with E-state index in [1.54, 1.807) is 7.11 Å². The van der Waals surface area contributed by atoms with Crippen molar-refractivity contribution in [3.63, 3.8) is 0 Å². The Kier molecular flexibility index (Phi) is 7.74. The van der Waals surface area contributed by atoms with E-state index in [1.807, 2.05) is 53.4 Å². The third-order valence-corrected chi connectivity index (χ3v) is 7.06. The number of nitrogens with one attached hydrogen (secondary N) is 1. The van der Waals surface area contributed by atoms with Crippen LogP contribution in [-0.4, -0.2) is 54.7 Å². The van der Waals surface area contributed by atoms with E-state index in [0.29, 0.717) is 13.0 Å². The number of hydrogen-bond donors (Lipinski definition) is 1. The number of anilines is 1. The minimum atomic E-state index is -0.312. The van der Waals surface area contributed by atoms with Crippen LogP contribution in [0.15, 0.2) is 54.7 Å². The van der Waals surface area contributed by atoms with Crippen molar-refractivity contribution in [3.05, 3.63) is 65.3 Å². The minimum Gasteiger partial charge on any atom is -0.382 e. The van der Waals surface area contributed by atoms with Gasteiger partial charge in [-0.2, -0.15) is 0 Å². The number of rotatable bonds is 9. The number of piperidine rings is 1. The van der Waals surface area contributed by atoms with Gasteiger partial charge < -0.3 is 19.5 Å². The molecule has 0 spiro atoms. The Morgan fingerprint density at radius 3 is 2.64 bits per heavy atom. The summed E-state index contributed by atoms with van der Waals surface area (Å²) in [7, 11) is 1.74. The number of benzene rings is 2. The molecule has 0 radical (unpaired) electrons. The number of nitrogens with zero attached hydrogens (tertiary/aromatic N) is 2. The predicted octanol–water partition coefficient (Wildman–Crippen LogP) is 5.68. The van der Waals surface area contributed by atoms with E-state index < -0.39 is 0 Å². The number of carbonyl (C=O) groups is 1. The maximum atomic E-state index is 13.3. The van der Waals surface area contributed by atoms with Gasteiger partial charge in [-0.25, -0.2) is 0 Å². The highest BCUT2D eigenvalue weighted by molar-refractivity contribution is 6.31. The Labute approximate surface area is 201 Å². The molecule has 0 saturated carbocycles. The summed E-state index contributed by atoms with van der Waals surface area (Å²) in [5, 5.41) is 1.97. The van der Waals surface area contributed by atoms with Gasteiger partial charge in [-0.3, -0.25) is 4.79 Å². The Balaban J connectivity index is 1.47. The lowest BCUT2D eigenvalue weighted by Crippen LogP contribution is -2.60. The normalized spacial score (nSPS) is 16.2. The van der Waals surface area contributed by atoms with Crippen LogP contribution in [0.3, 0.4) is 0 Å². The second kappa shape index (κ2) is 10.7. The van der Waals surface area contributed by atoms with Gasteiger partial charge in [0.15, 0.2) is 0 Å². The highest BCUT2D eigenvalue weighted by Crippen LogP contribution is 2.35. The molecule has 0 atom stereocenters. The topological polar surface area (TPSA) is 48.6 Å². The maximum absolute atomic E-state index is 13.3. The van der Waals surface area contributed by atoms with Crippen LogP contribution in [0, 0.1) is 0 Å². The number of aromatic nitrogens is 1. The Morgan fingerprint density at radius 2 is 1.94 bits per heavy atom. The van der Waals surface area contributed by atoms with Crippen LogP contribution in [0.25, 0.3) is 10.9 Å². The molecule has 3 aromatic rings. The fraction of sp³-hybridized carbons (Fsp3) is 0.444. The molecule has 1 aromatic heterocycles. The van der Waals surface area contributed by atoms with Gasteiger partial charge in [-0.1, -0.05) is 36.7 Å². The molecular weight excluding hydrogens is 434 g/mol. The van der Waals surface area contributed by atoms with Crippen molar-refractivity contribution >= 4 is 34.1 Å². The molecule has 1 aliphatic rings. The van der Waals surface area contributed by atoms with Crippen LogP contribution < -0.4 is 4.90 Å². The Bertz CT molecular complexity index is 1060. The van der Waals surface area contributed by atoms with Gasteiger partial charge in [-0.05, 0) is 61.6 Å². The van der Waals surface area contributed by atoms with E-state index in [9.17, 15) is 4.79 Å². The molecule has 0 unspecified atom stereocenters. The number of amides is 1. The second-order valence-corrected chi connectivity index (χ2v) is 9.50.